The van der Waals surface area contributed by atoms with Gasteiger partial charge in [0.1, 0.15) is 12.6 Å². The SMILES string of the molecule is CCCCNC(=O)C(Cc1ccccc1)N(Cc1ccc(Cl)cc1Cl)C(=O)CN(c1ccc(Br)cc1)S(C)(=O)=O. The number of hydrogen-bond donors (Lipinski definition) is 1. The van der Waals surface area contributed by atoms with Gasteiger partial charge in [-0.2, -0.15) is 0 Å². The monoisotopic (exact) mass is 667 g/mol. The molecule has 0 aliphatic rings. The van der Waals surface area contributed by atoms with Crippen LogP contribution in [0.5, 0.6) is 0 Å². The molecule has 0 radical (unpaired) electrons. The Morgan fingerprint density at radius 1 is 1.00 bits per heavy atom. The summed E-state index contributed by atoms with van der Waals surface area (Å²) in [5.74, 6) is -0.879. The standard InChI is InChI=1S/C29H32BrCl2N3O4S/c1-3-4-16-33-29(37)27(17-21-8-6-5-7-9-21)34(19-22-10-13-24(31)18-26(22)32)28(36)20-35(40(2,38)39)25-14-11-23(30)12-15-25/h5-15,18,27H,3-4,16-17,19-20H2,1-2H3,(H,33,37). The number of halogens is 3. The number of benzene rings is 3. The van der Waals surface area contributed by atoms with Crippen LogP contribution in [0.4, 0.5) is 5.69 Å². The molecule has 0 heterocycles. The number of unbranched alkanes of at least 4 members (excludes halogenated alkanes) is 1. The van der Waals surface area contributed by atoms with Gasteiger partial charge in [0.05, 0.1) is 11.9 Å². The number of hydrogen-bond acceptors (Lipinski definition) is 4. The first-order chi connectivity index (χ1) is 19.0. The molecule has 0 bridgehead atoms. The van der Waals surface area contributed by atoms with Crippen LogP contribution in [0, 0.1) is 0 Å². The molecule has 40 heavy (non-hydrogen) atoms. The molecule has 0 aromatic heterocycles. The van der Waals surface area contributed by atoms with E-state index in [1.807, 2.05) is 37.3 Å². The van der Waals surface area contributed by atoms with Gasteiger partial charge in [-0.05, 0) is 53.9 Å². The fraction of sp³-hybridized carbons (Fsp3) is 0.310. The van der Waals surface area contributed by atoms with Crippen LogP contribution in [0.15, 0.2) is 77.3 Å². The molecule has 0 fully saturated rings. The van der Waals surface area contributed by atoms with Crippen molar-refractivity contribution in [2.45, 2.75) is 38.8 Å². The zero-order chi connectivity index (χ0) is 29.3. The van der Waals surface area contributed by atoms with Crippen LogP contribution >= 0.6 is 39.1 Å². The van der Waals surface area contributed by atoms with Gasteiger partial charge < -0.3 is 10.2 Å². The van der Waals surface area contributed by atoms with E-state index in [9.17, 15) is 18.0 Å². The summed E-state index contributed by atoms with van der Waals surface area (Å²) in [4.78, 5) is 29.0. The highest BCUT2D eigenvalue weighted by atomic mass is 79.9. The number of rotatable bonds is 13. The Labute approximate surface area is 254 Å². The van der Waals surface area contributed by atoms with E-state index in [1.54, 1.807) is 42.5 Å². The van der Waals surface area contributed by atoms with Crippen molar-refractivity contribution in [3.05, 3.63) is 98.4 Å². The number of amides is 2. The Bertz CT molecular complexity index is 1410. The molecular weight excluding hydrogens is 637 g/mol. The van der Waals surface area contributed by atoms with E-state index < -0.39 is 28.5 Å². The van der Waals surface area contributed by atoms with E-state index in [0.29, 0.717) is 27.8 Å². The quantitative estimate of drug-likeness (QED) is 0.224. The van der Waals surface area contributed by atoms with Crippen molar-refractivity contribution in [1.29, 1.82) is 0 Å². The van der Waals surface area contributed by atoms with E-state index in [-0.39, 0.29) is 18.9 Å². The second-order valence-corrected chi connectivity index (χ2v) is 13.0. The second kappa shape index (κ2) is 14.9. The van der Waals surface area contributed by atoms with E-state index in [2.05, 4.69) is 21.2 Å². The summed E-state index contributed by atoms with van der Waals surface area (Å²) >= 11 is 15.9. The minimum atomic E-state index is -3.84. The number of carbonyl (C=O) groups is 2. The smallest absolute Gasteiger partial charge is 0.244 e. The summed E-state index contributed by atoms with van der Waals surface area (Å²) in [6.07, 6.45) is 2.95. The van der Waals surface area contributed by atoms with E-state index in [4.69, 9.17) is 23.2 Å². The van der Waals surface area contributed by atoms with E-state index in [1.165, 1.54) is 4.90 Å². The van der Waals surface area contributed by atoms with Crippen molar-refractivity contribution < 1.29 is 18.0 Å². The van der Waals surface area contributed by atoms with Crippen molar-refractivity contribution in [3.8, 4) is 0 Å². The molecule has 0 spiro atoms. The highest BCUT2D eigenvalue weighted by Crippen LogP contribution is 2.26. The van der Waals surface area contributed by atoms with Gasteiger partial charge in [-0.15, -0.1) is 0 Å². The Hall–Kier alpha value is -2.59. The molecule has 0 aliphatic carbocycles. The summed E-state index contributed by atoms with van der Waals surface area (Å²) in [5.41, 5.74) is 1.76. The Balaban J connectivity index is 2.05. The lowest BCUT2D eigenvalue weighted by molar-refractivity contribution is -0.140. The fourth-order valence-electron chi connectivity index (χ4n) is 4.11. The molecule has 1 atom stereocenters. The lowest BCUT2D eigenvalue weighted by atomic mass is 10.0. The Morgan fingerprint density at radius 3 is 2.27 bits per heavy atom. The summed E-state index contributed by atoms with van der Waals surface area (Å²) in [6, 6.07) is 20.0. The first-order valence-corrected chi connectivity index (χ1v) is 16.2. The molecule has 1 unspecified atom stereocenters. The third-order valence-corrected chi connectivity index (χ3v) is 8.51. The first-order valence-electron chi connectivity index (χ1n) is 12.8. The number of sulfonamides is 1. The lowest BCUT2D eigenvalue weighted by Crippen LogP contribution is -2.53. The molecule has 3 aromatic carbocycles. The zero-order valence-electron chi connectivity index (χ0n) is 22.3. The highest BCUT2D eigenvalue weighted by molar-refractivity contribution is 9.10. The van der Waals surface area contributed by atoms with E-state index in [0.717, 1.165) is 33.4 Å². The second-order valence-electron chi connectivity index (χ2n) is 9.35. The minimum absolute atomic E-state index is 0.0223. The molecule has 0 saturated carbocycles. The predicted octanol–water partition coefficient (Wildman–Crippen LogP) is 6.08. The Morgan fingerprint density at radius 2 is 1.68 bits per heavy atom. The van der Waals surface area contributed by atoms with Gasteiger partial charge in [0, 0.05) is 34.0 Å². The third-order valence-electron chi connectivity index (χ3n) is 6.25. The third kappa shape index (κ3) is 9.23. The van der Waals surface area contributed by atoms with Gasteiger partial charge in [0.15, 0.2) is 0 Å². The Kier molecular flexibility index (Phi) is 11.9. The largest absolute Gasteiger partial charge is 0.354 e. The molecule has 2 amide bonds. The maximum absolute atomic E-state index is 14.1. The normalized spacial score (nSPS) is 12.0. The summed E-state index contributed by atoms with van der Waals surface area (Å²) in [5, 5.41) is 3.72. The molecule has 0 saturated heterocycles. The summed E-state index contributed by atoms with van der Waals surface area (Å²) < 4.78 is 27.4. The number of carbonyl (C=O) groups excluding carboxylic acids is 2. The summed E-state index contributed by atoms with van der Waals surface area (Å²) in [6.45, 7) is 1.96. The maximum Gasteiger partial charge on any atom is 0.244 e. The highest BCUT2D eigenvalue weighted by Gasteiger charge is 2.33. The lowest BCUT2D eigenvalue weighted by Gasteiger charge is -2.33. The van der Waals surface area contributed by atoms with Gasteiger partial charge in [0.25, 0.3) is 0 Å². The molecule has 3 aromatic rings. The van der Waals surface area contributed by atoms with Crippen molar-refractivity contribution in [1.82, 2.24) is 10.2 Å². The van der Waals surface area contributed by atoms with Crippen LogP contribution in [0.25, 0.3) is 0 Å². The minimum Gasteiger partial charge on any atom is -0.354 e. The van der Waals surface area contributed by atoms with Crippen LogP contribution in [-0.4, -0.2) is 50.5 Å². The average molecular weight is 669 g/mol. The van der Waals surface area contributed by atoms with Crippen molar-refractivity contribution in [2.75, 3.05) is 23.7 Å². The van der Waals surface area contributed by atoms with Crippen molar-refractivity contribution >= 4 is 66.7 Å². The predicted molar refractivity (Wildman–Crippen MR) is 165 cm³/mol. The molecule has 3 rings (SSSR count). The first kappa shape index (κ1) is 31.9. The van der Waals surface area contributed by atoms with Crippen LogP contribution in [0.2, 0.25) is 10.0 Å². The zero-order valence-corrected chi connectivity index (χ0v) is 26.2. The number of nitrogens with one attached hydrogen (secondary N) is 1. The molecular formula is C29H32BrCl2N3O4S. The maximum atomic E-state index is 14.1. The topological polar surface area (TPSA) is 86.8 Å². The van der Waals surface area contributed by atoms with Crippen LogP contribution in [0.3, 0.4) is 0 Å². The van der Waals surface area contributed by atoms with Crippen molar-refractivity contribution in [3.63, 3.8) is 0 Å². The number of anilines is 1. The van der Waals surface area contributed by atoms with Gasteiger partial charge in [-0.1, -0.05) is 88.9 Å². The van der Waals surface area contributed by atoms with Crippen molar-refractivity contribution in [2.24, 2.45) is 0 Å². The average Bonchev–Trinajstić information content (AvgIpc) is 2.91. The van der Waals surface area contributed by atoms with Gasteiger partial charge >= 0.3 is 0 Å². The molecule has 214 valence electrons. The van der Waals surface area contributed by atoms with Gasteiger partial charge in [0.2, 0.25) is 21.8 Å². The van der Waals surface area contributed by atoms with Crippen LogP contribution < -0.4 is 9.62 Å². The fourth-order valence-corrected chi connectivity index (χ4v) is 5.70. The number of nitrogens with zero attached hydrogens (tertiary/aromatic N) is 2. The van der Waals surface area contributed by atoms with Gasteiger partial charge in [-0.3, -0.25) is 13.9 Å². The molecule has 7 nitrogen and oxygen atoms in total. The van der Waals surface area contributed by atoms with Crippen LogP contribution in [-0.2, 0) is 32.6 Å². The van der Waals surface area contributed by atoms with Crippen LogP contribution in [0.1, 0.15) is 30.9 Å². The van der Waals surface area contributed by atoms with E-state index >= 15 is 0 Å². The molecule has 0 aliphatic heterocycles. The summed E-state index contributed by atoms with van der Waals surface area (Å²) in [7, 11) is -3.84. The molecule has 1 N–H and O–H groups in total. The van der Waals surface area contributed by atoms with Gasteiger partial charge in [-0.25, -0.2) is 8.42 Å². The molecule has 11 heteroatoms.